The molecule has 3 aromatic rings. The Morgan fingerprint density at radius 3 is 2.48 bits per heavy atom. The number of aryl methyl sites for hydroxylation is 2. The van der Waals surface area contributed by atoms with Gasteiger partial charge in [-0.15, -0.1) is 0 Å². The molecule has 0 atom stereocenters. The van der Waals surface area contributed by atoms with Crippen LogP contribution in [0.5, 0.6) is 0 Å². The van der Waals surface area contributed by atoms with Crippen LogP contribution in [0, 0.1) is 13.8 Å². The highest BCUT2D eigenvalue weighted by molar-refractivity contribution is 8.00. The molecule has 116 valence electrons. The molecular weight excluding hydrogens is 304 g/mol. The van der Waals surface area contributed by atoms with E-state index in [4.69, 9.17) is 10.7 Å². The molecular formula is C18H18N4S. The first-order chi connectivity index (χ1) is 11.1. The third-order valence-electron chi connectivity index (χ3n) is 3.50. The van der Waals surface area contributed by atoms with Gasteiger partial charge in [0.1, 0.15) is 16.7 Å². The van der Waals surface area contributed by atoms with Gasteiger partial charge in [-0.25, -0.2) is 9.97 Å². The third kappa shape index (κ3) is 3.63. The van der Waals surface area contributed by atoms with Crippen LogP contribution in [0.2, 0.25) is 0 Å². The predicted molar refractivity (Wildman–Crippen MR) is 97.3 cm³/mol. The van der Waals surface area contributed by atoms with E-state index in [9.17, 15) is 0 Å². The standard InChI is InChI=1S/C18H18N4S/c1-12-6-3-4-7-14(12)18-13(2)10-11-16(21-18)22-23-17-9-5-8-15(19)20-17/h3-11H,1-2H3,(H2,19,20)(H,21,22). The second kappa shape index (κ2) is 6.71. The summed E-state index contributed by atoms with van der Waals surface area (Å²) in [6.45, 7) is 4.17. The van der Waals surface area contributed by atoms with E-state index in [1.807, 2.05) is 30.3 Å². The lowest BCUT2D eigenvalue weighted by molar-refractivity contribution is 1.15. The second-order valence-electron chi connectivity index (χ2n) is 5.28. The molecule has 0 saturated heterocycles. The van der Waals surface area contributed by atoms with Gasteiger partial charge in [-0.2, -0.15) is 0 Å². The fourth-order valence-electron chi connectivity index (χ4n) is 2.29. The van der Waals surface area contributed by atoms with Crippen LogP contribution in [0.4, 0.5) is 11.6 Å². The van der Waals surface area contributed by atoms with Crippen molar-refractivity contribution in [1.82, 2.24) is 9.97 Å². The summed E-state index contributed by atoms with van der Waals surface area (Å²) >= 11 is 1.40. The van der Waals surface area contributed by atoms with Crippen LogP contribution < -0.4 is 10.5 Å². The molecule has 0 amide bonds. The zero-order chi connectivity index (χ0) is 16.2. The van der Waals surface area contributed by atoms with Gasteiger partial charge in [0, 0.05) is 17.5 Å². The first-order valence-electron chi connectivity index (χ1n) is 7.32. The van der Waals surface area contributed by atoms with Gasteiger partial charge in [0.2, 0.25) is 0 Å². The molecule has 1 aromatic carbocycles. The van der Waals surface area contributed by atoms with Crippen LogP contribution in [0.3, 0.4) is 0 Å². The molecule has 0 spiro atoms. The van der Waals surface area contributed by atoms with Gasteiger partial charge in [-0.1, -0.05) is 36.4 Å². The summed E-state index contributed by atoms with van der Waals surface area (Å²) in [4.78, 5) is 9.00. The molecule has 0 aliphatic rings. The van der Waals surface area contributed by atoms with Gasteiger partial charge in [0.25, 0.3) is 0 Å². The minimum atomic E-state index is 0.509. The van der Waals surface area contributed by atoms with Gasteiger partial charge in [-0.05, 0) is 43.2 Å². The van der Waals surface area contributed by atoms with Crippen molar-refractivity contribution in [2.75, 3.05) is 10.5 Å². The predicted octanol–water partition coefficient (Wildman–Crippen LogP) is 4.46. The fourth-order valence-corrected chi connectivity index (χ4v) is 2.91. The van der Waals surface area contributed by atoms with Crippen molar-refractivity contribution in [3.63, 3.8) is 0 Å². The van der Waals surface area contributed by atoms with Gasteiger partial charge < -0.3 is 10.5 Å². The summed E-state index contributed by atoms with van der Waals surface area (Å²) < 4.78 is 3.23. The lowest BCUT2D eigenvalue weighted by Gasteiger charge is -2.11. The Morgan fingerprint density at radius 1 is 0.870 bits per heavy atom. The summed E-state index contributed by atoms with van der Waals surface area (Å²) in [5.41, 5.74) is 10.2. The fraction of sp³-hybridized carbons (Fsp3) is 0.111. The Morgan fingerprint density at radius 2 is 1.70 bits per heavy atom. The summed E-state index contributed by atoms with van der Waals surface area (Å²) in [7, 11) is 0. The van der Waals surface area contributed by atoms with Crippen molar-refractivity contribution in [1.29, 1.82) is 0 Å². The number of hydrogen-bond acceptors (Lipinski definition) is 5. The number of anilines is 2. The molecule has 0 radical (unpaired) electrons. The highest BCUT2D eigenvalue weighted by Crippen LogP contribution is 2.27. The Bertz CT molecular complexity index is 833. The molecule has 3 rings (SSSR count). The van der Waals surface area contributed by atoms with E-state index in [2.05, 4.69) is 41.8 Å². The molecule has 4 nitrogen and oxygen atoms in total. The van der Waals surface area contributed by atoms with Crippen molar-refractivity contribution in [2.45, 2.75) is 18.9 Å². The summed E-state index contributed by atoms with van der Waals surface area (Å²) in [5.74, 6) is 1.30. The van der Waals surface area contributed by atoms with E-state index in [1.54, 1.807) is 6.07 Å². The molecule has 2 heterocycles. The van der Waals surface area contributed by atoms with Crippen molar-refractivity contribution in [2.24, 2.45) is 0 Å². The highest BCUT2D eigenvalue weighted by Gasteiger charge is 2.08. The van der Waals surface area contributed by atoms with Crippen molar-refractivity contribution >= 4 is 23.6 Å². The van der Waals surface area contributed by atoms with Crippen LogP contribution in [0.15, 0.2) is 59.6 Å². The monoisotopic (exact) mass is 322 g/mol. The molecule has 0 aliphatic carbocycles. The average molecular weight is 322 g/mol. The number of rotatable bonds is 4. The van der Waals surface area contributed by atoms with E-state index in [-0.39, 0.29) is 0 Å². The van der Waals surface area contributed by atoms with Crippen LogP contribution in [0.1, 0.15) is 11.1 Å². The van der Waals surface area contributed by atoms with Crippen molar-refractivity contribution in [3.8, 4) is 11.3 Å². The van der Waals surface area contributed by atoms with E-state index in [0.717, 1.165) is 27.7 Å². The minimum absolute atomic E-state index is 0.509. The molecule has 0 saturated carbocycles. The van der Waals surface area contributed by atoms with E-state index in [1.165, 1.54) is 17.5 Å². The van der Waals surface area contributed by atoms with Crippen LogP contribution in [-0.4, -0.2) is 9.97 Å². The summed E-state index contributed by atoms with van der Waals surface area (Å²) in [5, 5.41) is 0.810. The van der Waals surface area contributed by atoms with Gasteiger partial charge in [0.15, 0.2) is 0 Å². The Labute approximate surface area is 140 Å². The first-order valence-corrected chi connectivity index (χ1v) is 8.14. The zero-order valence-corrected chi connectivity index (χ0v) is 13.9. The van der Waals surface area contributed by atoms with Crippen molar-refractivity contribution < 1.29 is 0 Å². The second-order valence-corrected chi connectivity index (χ2v) is 6.11. The van der Waals surface area contributed by atoms with Gasteiger partial charge >= 0.3 is 0 Å². The molecule has 5 heteroatoms. The smallest absolute Gasteiger partial charge is 0.136 e. The van der Waals surface area contributed by atoms with E-state index >= 15 is 0 Å². The van der Waals surface area contributed by atoms with Crippen LogP contribution in [0.25, 0.3) is 11.3 Å². The number of benzene rings is 1. The number of nitrogens with zero attached hydrogens (tertiary/aromatic N) is 2. The number of aromatic nitrogens is 2. The molecule has 0 aliphatic heterocycles. The quantitative estimate of drug-likeness (QED) is 0.694. The van der Waals surface area contributed by atoms with E-state index in [0.29, 0.717) is 5.82 Å². The summed E-state index contributed by atoms with van der Waals surface area (Å²) in [6.07, 6.45) is 0. The number of nitrogens with one attached hydrogen (secondary N) is 1. The van der Waals surface area contributed by atoms with Gasteiger partial charge in [0.05, 0.1) is 5.69 Å². The molecule has 0 bridgehead atoms. The SMILES string of the molecule is Cc1ccccc1-c1nc(NSc2cccc(N)n2)ccc1C. The lowest BCUT2D eigenvalue weighted by atomic mass is 10.0. The maximum Gasteiger partial charge on any atom is 0.136 e. The lowest BCUT2D eigenvalue weighted by Crippen LogP contribution is -1.97. The molecule has 2 aromatic heterocycles. The van der Waals surface area contributed by atoms with Gasteiger partial charge in [-0.3, -0.25) is 0 Å². The molecule has 0 unspecified atom stereocenters. The maximum atomic E-state index is 5.70. The normalized spacial score (nSPS) is 10.5. The van der Waals surface area contributed by atoms with E-state index < -0.39 is 0 Å². The summed E-state index contributed by atoms with van der Waals surface area (Å²) in [6, 6.07) is 17.9. The van der Waals surface area contributed by atoms with Crippen molar-refractivity contribution in [3.05, 3.63) is 65.7 Å². The number of nitrogens with two attached hydrogens (primary N) is 1. The Balaban J connectivity index is 1.85. The first kappa shape index (κ1) is 15.4. The molecule has 0 fully saturated rings. The zero-order valence-electron chi connectivity index (χ0n) is 13.1. The Kier molecular flexibility index (Phi) is 4.48. The largest absolute Gasteiger partial charge is 0.384 e. The minimum Gasteiger partial charge on any atom is -0.384 e. The number of hydrogen-bond donors (Lipinski definition) is 2. The topological polar surface area (TPSA) is 63.8 Å². The molecule has 3 N–H and O–H groups in total. The third-order valence-corrected chi connectivity index (χ3v) is 4.25. The number of nitrogen functional groups attached to an aromatic ring is 1. The van der Waals surface area contributed by atoms with Crippen LogP contribution in [-0.2, 0) is 0 Å². The maximum absolute atomic E-state index is 5.70. The highest BCUT2D eigenvalue weighted by atomic mass is 32.2. The average Bonchev–Trinajstić information content (AvgIpc) is 2.55. The Hall–Kier alpha value is -2.53. The molecule has 23 heavy (non-hydrogen) atoms. The van der Waals surface area contributed by atoms with Crippen LogP contribution >= 0.6 is 11.9 Å². The number of pyridine rings is 2.